The Labute approximate surface area is 195 Å². The number of anilines is 1. The molecule has 1 aliphatic rings. The number of aliphatic hydroxyl groups excluding tert-OH is 1. The minimum atomic E-state index is -0.602. The van der Waals surface area contributed by atoms with Crippen LogP contribution >= 0.6 is 0 Å². The van der Waals surface area contributed by atoms with Gasteiger partial charge in [-0.25, -0.2) is 4.79 Å². The second-order valence-corrected chi connectivity index (χ2v) is 8.00. The monoisotopic (exact) mass is 452 g/mol. The molecule has 1 heterocycles. The van der Waals surface area contributed by atoms with E-state index in [0.717, 1.165) is 29.8 Å². The van der Waals surface area contributed by atoms with Crippen LogP contribution in [-0.2, 0) is 20.8 Å². The predicted octanol–water partition coefficient (Wildman–Crippen LogP) is 4.58. The van der Waals surface area contributed by atoms with E-state index < -0.39 is 12.4 Å². The van der Waals surface area contributed by atoms with Crippen molar-refractivity contribution in [3.05, 3.63) is 90.5 Å². The zero-order chi connectivity index (χ0) is 23.6. The average Bonchev–Trinajstić information content (AvgIpc) is 2.83. The lowest BCUT2D eigenvalue weighted by atomic mass is 9.99. The topological polar surface area (TPSA) is 80.3 Å². The van der Waals surface area contributed by atoms with Crippen molar-refractivity contribution in [2.45, 2.75) is 31.5 Å². The summed E-state index contributed by atoms with van der Waals surface area (Å²) in [6, 6.07) is 15.1. The molecular weight excluding hydrogens is 420 g/mol. The fourth-order valence-corrected chi connectivity index (χ4v) is 3.73. The SMILES string of the molecule is C=CCOC(=O)Nc1cccc([C@H]2O[C@@H](CN(C)CC=C)C[C@@H](c3ccc(CO)cc3)O2)c1. The minimum absolute atomic E-state index is 0.00153. The summed E-state index contributed by atoms with van der Waals surface area (Å²) in [6.07, 6.45) is 2.68. The summed E-state index contributed by atoms with van der Waals surface area (Å²) in [5.74, 6) is 0. The second-order valence-electron chi connectivity index (χ2n) is 8.00. The quantitative estimate of drug-likeness (QED) is 0.514. The van der Waals surface area contributed by atoms with Gasteiger partial charge in [0.15, 0.2) is 6.29 Å². The van der Waals surface area contributed by atoms with E-state index in [9.17, 15) is 9.90 Å². The van der Waals surface area contributed by atoms with Crippen molar-refractivity contribution in [3.8, 4) is 0 Å². The Balaban J connectivity index is 1.79. The molecule has 1 aliphatic heterocycles. The molecule has 1 fully saturated rings. The lowest BCUT2D eigenvalue weighted by Gasteiger charge is -2.37. The smallest absolute Gasteiger partial charge is 0.411 e. The summed E-state index contributed by atoms with van der Waals surface area (Å²) in [7, 11) is 2.03. The van der Waals surface area contributed by atoms with Crippen molar-refractivity contribution < 1.29 is 24.1 Å². The molecule has 0 radical (unpaired) electrons. The molecule has 3 rings (SSSR count). The zero-order valence-electron chi connectivity index (χ0n) is 19.0. The minimum Gasteiger partial charge on any atom is -0.445 e. The van der Waals surface area contributed by atoms with Crippen LogP contribution in [-0.4, -0.2) is 48.9 Å². The van der Waals surface area contributed by atoms with Crippen LogP contribution in [0.1, 0.15) is 35.5 Å². The molecule has 0 unspecified atom stereocenters. The van der Waals surface area contributed by atoms with E-state index in [1.165, 1.54) is 6.08 Å². The molecule has 0 aliphatic carbocycles. The Morgan fingerprint density at radius 1 is 1.18 bits per heavy atom. The van der Waals surface area contributed by atoms with E-state index in [-0.39, 0.29) is 25.4 Å². The highest BCUT2D eigenvalue weighted by Crippen LogP contribution is 2.38. The van der Waals surface area contributed by atoms with E-state index in [4.69, 9.17) is 14.2 Å². The molecular formula is C26H32N2O5. The number of nitrogens with zero attached hydrogens (tertiary/aromatic N) is 1. The molecule has 1 amide bonds. The number of nitrogens with one attached hydrogen (secondary N) is 1. The molecule has 2 aromatic carbocycles. The van der Waals surface area contributed by atoms with Gasteiger partial charge in [-0.1, -0.05) is 55.1 Å². The van der Waals surface area contributed by atoms with Gasteiger partial charge < -0.3 is 24.2 Å². The molecule has 0 aromatic heterocycles. The van der Waals surface area contributed by atoms with Crippen molar-refractivity contribution in [1.29, 1.82) is 0 Å². The maximum Gasteiger partial charge on any atom is 0.411 e. The molecule has 7 nitrogen and oxygen atoms in total. The lowest BCUT2D eigenvalue weighted by molar-refractivity contribution is -0.252. The van der Waals surface area contributed by atoms with Gasteiger partial charge in [0, 0.05) is 30.8 Å². The number of benzene rings is 2. The van der Waals surface area contributed by atoms with Crippen molar-refractivity contribution in [2.75, 3.05) is 32.1 Å². The first-order valence-corrected chi connectivity index (χ1v) is 11.0. The first kappa shape index (κ1) is 24.7. The number of carbonyl (C=O) groups excluding carboxylic acids is 1. The third-order valence-corrected chi connectivity index (χ3v) is 5.31. The summed E-state index contributed by atoms with van der Waals surface area (Å²) >= 11 is 0. The number of ether oxygens (including phenoxy) is 3. The number of aliphatic hydroxyl groups is 1. The van der Waals surface area contributed by atoms with Gasteiger partial charge in [0.2, 0.25) is 0 Å². The molecule has 33 heavy (non-hydrogen) atoms. The molecule has 2 N–H and O–H groups in total. The number of hydrogen-bond acceptors (Lipinski definition) is 6. The molecule has 0 saturated carbocycles. The fourth-order valence-electron chi connectivity index (χ4n) is 3.73. The maximum absolute atomic E-state index is 11.9. The van der Waals surface area contributed by atoms with Crippen LogP contribution < -0.4 is 5.32 Å². The Hall–Kier alpha value is -2.97. The summed E-state index contributed by atoms with van der Waals surface area (Å²) in [5, 5.41) is 12.1. The van der Waals surface area contributed by atoms with Gasteiger partial charge in [-0.3, -0.25) is 5.32 Å². The summed E-state index contributed by atoms with van der Waals surface area (Å²) in [5.41, 5.74) is 3.26. The van der Waals surface area contributed by atoms with Gasteiger partial charge in [0.1, 0.15) is 6.61 Å². The second kappa shape index (κ2) is 12.3. The first-order valence-electron chi connectivity index (χ1n) is 11.0. The molecule has 7 heteroatoms. The Kier molecular flexibility index (Phi) is 9.21. The third kappa shape index (κ3) is 7.27. The Bertz CT molecular complexity index is 931. The van der Waals surface area contributed by atoms with Crippen molar-refractivity contribution in [2.24, 2.45) is 0 Å². The molecule has 0 bridgehead atoms. The van der Waals surface area contributed by atoms with Crippen molar-refractivity contribution in [3.63, 3.8) is 0 Å². The van der Waals surface area contributed by atoms with Gasteiger partial charge >= 0.3 is 6.09 Å². The summed E-state index contributed by atoms with van der Waals surface area (Å²) in [6.45, 7) is 8.97. The van der Waals surface area contributed by atoms with Gasteiger partial charge in [-0.15, -0.1) is 6.58 Å². The van der Waals surface area contributed by atoms with E-state index in [2.05, 4.69) is 23.4 Å². The molecule has 1 saturated heterocycles. The average molecular weight is 453 g/mol. The molecule has 2 aromatic rings. The number of likely N-dealkylation sites (N-methyl/N-ethyl adjacent to an activating group) is 1. The highest BCUT2D eigenvalue weighted by Gasteiger charge is 2.32. The number of amides is 1. The standard InChI is InChI=1S/C26H32N2O5/c1-4-13-28(3)17-23-16-24(20-11-9-19(18-29)10-12-20)33-25(32-23)21-7-6-8-22(15-21)27-26(30)31-14-5-2/h4-12,15,23-25,29H,1-2,13-14,16-18H2,3H3,(H,27,30)/t23-,24+,25+/m1/s1. The Morgan fingerprint density at radius 2 is 1.97 bits per heavy atom. The molecule has 3 atom stereocenters. The van der Waals surface area contributed by atoms with E-state index >= 15 is 0 Å². The molecule has 0 spiro atoms. The fraction of sp³-hybridized carbons (Fsp3) is 0.346. The first-order chi connectivity index (χ1) is 16.0. The number of carbonyl (C=O) groups is 1. The van der Waals surface area contributed by atoms with Crippen LogP contribution in [0, 0.1) is 0 Å². The molecule has 176 valence electrons. The van der Waals surface area contributed by atoms with Crippen molar-refractivity contribution in [1.82, 2.24) is 4.90 Å². The van der Waals surface area contributed by atoms with Crippen LogP contribution in [0.2, 0.25) is 0 Å². The van der Waals surface area contributed by atoms with Gasteiger partial charge in [0.05, 0.1) is 18.8 Å². The van der Waals surface area contributed by atoms with Crippen LogP contribution in [0.15, 0.2) is 73.8 Å². The summed E-state index contributed by atoms with van der Waals surface area (Å²) in [4.78, 5) is 14.1. The van der Waals surface area contributed by atoms with Gasteiger partial charge in [-0.05, 0) is 30.3 Å². The third-order valence-electron chi connectivity index (χ3n) is 5.31. The van der Waals surface area contributed by atoms with Crippen LogP contribution in [0.25, 0.3) is 0 Å². The zero-order valence-corrected chi connectivity index (χ0v) is 19.0. The highest BCUT2D eigenvalue weighted by atomic mass is 16.7. The van der Waals surface area contributed by atoms with Gasteiger partial charge in [0.25, 0.3) is 0 Å². The number of rotatable bonds is 10. The van der Waals surface area contributed by atoms with Crippen molar-refractivity contribution >= 4 is 11.8 Å². The van der Waals surface area contributed by atoms with E-state index in [1.54, 1.807) is 6.07 Å². The highest BCUT2D eigenvalue weighted by molar-refractivity contribution is 5.84. The van der Waals surface area contributed by atoms with E-state index in [1.807, 2.05) is 55.6 Å². The Morgan fingerprint density at radius 3 is 2.67 bits per heavy atom. The van der Waals surface area contributed by atoms with Gasteiger partial charge in [-0.2, -0.15) is 0 Å². The van der Waals surface area contributed by atoms with Crippen LogP contribution in [0.3, 0.4) is 0 Å². The van der Waals surface area contributed by atoms with E-state index in [0.29, 0.717) is 12.1 Å². The largest absolute Gasteiger partial charge is 0.445 e. The predicted molar refractivity (Wildman–Crippen MR) is 128 cm³/mol. The lowest BCUT2D eigenvalue weighted by Crippen LogP contribution is -2.37. The maximum atomic E-state index is 11.9. The van der Waals surface area contributed by atoms with Crippen LogP contribution in [0.4, 0.5) is 10.5 Å². The summed E-state index contributed by atoms with van der Waals surface area (Å²) < 4.78 is 17.7. The number of hydrogen-bond donors (Lipinski definition) is 2. The van der Waals surface area contributed by atoms with Crippen LogP contribution in [0.5, 0.6) is 0 Å². The normalized spacial score (nSPS) is 20.3.